The molecule has 2 rings (SSSR count). The third-order valence-corrected chi connectivity index (χ3v) is 3.66. The van der Waals surface area contributed by atoms with E-state index in [0.717, 1.165) is 12.1 Å². The van der Waals surface area contributed by atoms with Crippen LogP contribution in [0.2, 0.25) is 0 Å². The summed E-state index contributed by atoms with van der Waals surface area (Å²) in [5.74, 6) is -1.75. The quantitative estimate of drug-likeness (QED) is 0.822. The van der Waals surface area contributed by atoms with Crippen molar-refractivity contribution in [2.75, 3.05) is 6.54 Å². The summed E-state index contributed by atoms with van der Waals surface area (Å²) in [6.45, 7) is 3.80. The Balaban J connectivity index is 2.08. The molecule has 1 amide bonds. The van der Waals surface area contributed by atoms with Crippen LogP contribution < -0.4 is 5.32 Å². The van der Waals surface area contributed by atoms with Gasteiger partial charge in [-0.25, -0.2) is 4.68 Å². The van der Waals surface area contributed by atoms with Crippen LogP contribution in [0.15, 0.2) is 36.5 Å². The van der Waals surface area contributed by atoms with E-state index in [-0.39, 0.29) is 12.5 Å². The summed E-state index contributed by atoms with van der Waals surface area (Å²) in [5.41, 5.74) is 1.92. The van der Waals surface area contributed by atoms with Crippen molar-refractivity contribution >= 4 is 11.9 Å². The molecule has 0 radical (unpaired) electrons. The molecule has 0 spiro atoms. The number of para-hydroxylation sites is 1. The summed E-state index contributed by atoms with van der Waals surface area (Å²) in [7, 11) is 0. The summed E-state index contributed by atoms with van der Waals surface area (Å²) in [5, 5.41) is 16.2. The van der Waals surface area contributed by atoms with E-state index >= 15 is 0 Å². The van der Waals surface area contributed by atoms with Crippen LogP contribution in [0.1, 0.15) is 35.8 Å². The van der Waals surface area contributed by atoms with Gasteiger partial charge in [0, 0.05) is 12.7 Å². The number of carboxylic acid groups (broad SMARTS) is 1. The minimum absolute atomic E-state index is 0.123. The van der Waals surface area contributed by atoms with Crippen LogP contribution in [0, 0.1) is 12.8 Å². The third kappa shape index (κ3) is 4.18. The molecule has 0 aliphatic heterocycles. The number of hydrogen-bond acceptors (Lipinski definition) is 3. The topological polar surface area (TPSA) is 84.2 Å². The summed E-state index contributed by atoms with van der Waals surface area (Å²) >= 11 is 0. The summed E-state index contributed by atoms with van der Waals surface area (Å²) in [6.07, 6.45) is 2.96. The Bertz CT molecular complexity index is 680. The molecule has 23 heavy (non-hydrogen) atoms. The van der Waals surface area contributed by atoms with E-state index in [9.17, 15) is 9.59 Å². The lowest BCUT2D eigenvalue weighted by atomic mass is 10.0. The molecule has 1 aromatic heterocycles. The molecule has 1 heterocycles. The molecule has 0 fully saturated rings. The number of rotatable bonds is 7. The van der Waals surface area contributed by atoms with Gasteiger partial charge in [-0.05, 0) is 25.5 Å². The maximum Gasteiger partial charge on any atom is 0.308 e. The van der Waals surface area contributed by atoms with Gasteiger partial charge < -0.3 is 10.4 Å². The van der Waals surface area contributed by atoms with Crippen molar-refractivity contribution in [2.45, 2.75) is 26.7 Å². The van der Waals surface area contributed by atoms with E-state index in [4.69, 9.17) is 5.11 Å². The first kappa shape index (κ1) is 16.7. The first-order valence-corrected chi connectivity index (χ1v) is 7.65. The van der Waals surface area contributed by atoms with E-state index in [1.165, 1.54) is 0 Å². The number of aryl methyl sites for hydroxylation is 1. The molecule has 0 aliphatic rings. The number of carboxylic acids is 1. The zero-order chi connectivity index (χ0) is 16.8. The van der Waals surface area contributed by atoms with Crippen LogP contribution in [0.4, 0.5) is 0 Å². The predicted octanol–water partition coefficient (Wildman–Crippen LogP) is 2.41. The lowest BCUT2D eigenvalue weighted by molar-refractivity contribution is -0.141. The molecule has 122 valence electrons. The maximum absolute atomic E-state index is 12.3. The maximum atomic E-state index is 12.3. The van der Waals surface area contributed by atoms with Crippen LogP contribution in [0.5, 0.6) is 0 Å². The van der Waals surface area contributed by atoms with Crippen LogP contribution in [-0.2, 0) is 4.79 Å². The van der Waals surface area contributed by atoms with Crippen molar-refractivity contribution in [1.29, 1.82) is 0 Å². The monoisotopic (exact) mass is 315 g/mol. The van der Waals surface area contributed by atoms with Gasteiger partial charge in [0.15, 0.2) is 0 Å². The zero-order valence-corrected chi connectivity index (χ0v) is 13.3. The molecule has 1 aromatic carbocycles. The van der Waals surface area contributed by atoms with E-state index in [2.05, 4.69) is 10.4 Å². The smallest absolute Gasteiger partial charge is 0.308 e. The number of amides is 1. The molecule has 0 saturated carbocycles. The third-order valence-electron chi connectivity index (χ3n) is 3.66. The van der Waals surface area contributed by atoms with Crippen molar-refractivity contribution < 1.29 is 14.7 Å². The fourth-order valence-corrected chi connectivity index (χ4v) is 2.37. The van der Waals surface area contributed by atoms with Gasteiger partial charge in [0.2, 0.25) is 0 Å². The van der Waals surface area contributed by atoms with Gasteiger partial charge in [0.25, 0.3) is 5.91 Å². The number of nitrogens with one attached hydrogen (secondary N) is 1. The second-order valence-electron chi connectivity index (χ2n) is 5.44. The number of carbonyl (C=O) groups is 2. The molecule has 0 saturated heterocycles. The first-order chi connectivity index (χ1) is 11.0. The molecule has 6 heteroatoms. The van der Waals surface area contributed by atoms with Crippen LogP contribution in [0.25, 0.3) is 5.69 Å². The molecular formula is C17H21N3O3. The standard InChI is InChI=1S/C17H21N3O3/c1-3-7-13(17(22)23)10-18-16(21)15-11-20(19-12(15)2)14-8-5-4-6-9-14/h4-6,8-9,11,13H,3,7,10H2,1-2H3,(H,18,21)(H,22,23). The van der Waals surface area contributed by atoms with Gasteiger partial charge in [-0.1, -0.05) is 31.5 Å². The minimum atomic E-state index is -0.885. The number of benzene rings is 1. The Morgan fingerprint density at radius 1 is 1.30 bits per heavy atom. The van der Waals surface area contributed by atoms with Gasteiger partial charge in [-0.15, -0.1) is 0 Å². The lowest BCUT2D eigenvalue weighted by Gasteiger charge is -2.11. The van der Waals surface area contributed by atoms with E-state index < -0.39 is 11.9 Å². The van der Waals surface area contributed by atoms with E-state index in [0.29, 0.717) is 17.7 Å². The molecule has 1 unspecified atom stereocenters. The fraction of sp³-hybridized carbons (Fsp3) is 0.353. The van der Waals surface area contributed by atoms with Gasteiger partial charge in [0.1, 0.15) is 0 Å². The van der Waals surface area contributed by atoms with E-state index in [1.807, 2.05) is 37.3 Å². The van der Waals surface area contributed by atoms with Gasteiger partial charge in [0.05, 0.1) is 22.9 Å². The van der Waals surface area contributed by atoms with Crippen LogP contribution in [-0.4, -0.2) is 33.3 Å². The number of aliphatic carboxylic acids is 1. The second-order valence-corrected chi connectivity index (χ2v) is 5.44. The molecule has 6 nitrogen and oxygen atoms in total. The number of hydrogen-bond donors (Lipinski definition) is 2. The van der Waals surface area contributed by atoms with Crippen molar-refractivity contribution in [2.24, 2.45) is 5.92 Å². The Labute approximate surface area is 135 Å². The van der Waals surface area contributed by atoms with E-state index in [1.54, 1.807) is 17.8 Å². The highest BCUT2D eigenvalue weighted by molar-refractivity contribution is 5.95. The van der Waals surface area contributed by atoms with Crippen molar-refractivity contribution in [3.05, 3.63) is 47.8 Å². The van der Waals surface area contributed by atoms with Gasteiger partial charge in [-0.2, -0.15) is 5.10 Å². The van der Waals surface area contributed by atoms with Crippen molar-refractivity contribution in [3.63, 3.8) is 0 Å². The molecule has 0 bridgehead atoms. The first-order valence-electron chi connectivity index (χ1n) is 7.65. The van der Waals surface area contributed by atoms with Gasteiger partial charge >= 0.3 is 5.97 Å². The Morgan fingerprint density at radius 2 is 2.00 bits per heavy atom. The molecule has 0 aliphatic carbocycles. The number of nitrogens with zero attached hydrogens (tertiary/aromatic N) is 2. The molecular weight excluding hydrogens is 294 g/mol. The highest BCUT2D eigenvalue weighted by Crippen LogP contribution is 2.12. The normalized spacial score (nSPS) is 11.9. The Morgan fingerprint density at radius 3 is 2.61 bits per heavy atom. The Hall–Kier alpha value is -2.63. The predicted molar refractivity (Wildman–Crippen MR) is 86.7 cm³/mol. The largest absolute Gasteiger partial charge is 0.481 e. The Kier molecular flexibility index (Phi) is 5.51. The summed E-state index contributed by atoms with van der Waals surface area (Å²) in [4.78, 5) is 23.4. The molecule has 2 N–H and O–H groups in total. The highest BCUT2D eigenvalue weighted by atomic mass is 16.4. The lowest BCUT2D eigenvalue weighted by Crippen LogP contribution is -2.33. The SMILES string of the molecule is CCCC(CNC(=O)c1cn(-c2ccccc2)nc1C)C(=O)O. The van der Waals surface area contributed by atoms with Crippen molar-refractivity contribution in [3.8, 4) is 5.69 Å². The average molecular weight is 315 g/mol. The van der Waals surface area contributed by atoms with Crippen molar-refractivity contribution in [1.82, 2.24) is 15.1 Å². The molecule has 2 aromatic rings. The van der Waals surface area contributed by atoms with Crippen LogP contribution in [0.3, 0.4) is 0 Å². The van der Waals surface area contributed by atoms with Crippen LogP contribution >= 0.6 is 0 Å². The molecule has 1 atom stereocenters. The van der Waals surface area contributed by atoms with Gasteiger partial charge in [-0.3, -0.25) is 9.59 Å². The fourth-order valence-electron chi connectivity index (χ4n) is 2.37. The number of carbonyl (C=O) groups excluding carboxylic acids is 1. The average Bonchev–Trinajstić information content (AvgIpc) is 2.93. The minimum Gasteiger partial charge on any atom is -0.481 e. The number of aromatic nitrogens is 2. The summed E-state index contributed by atoms with van der Waals surface area (Å²) < 4.78 is 1.64. The highest BCUT2D eigenvalue weighted by Gasteiger charge is 2.19. The second kappa shape index (κ2) is 7.58. The summed E-state index contributed by atoms with van der Waals surface area (Å²) in [6, 6.07) is 9.50. The zero-order valence-electron chi connectivity index (χ0n) is 13.3.